The molecule has 0 N–H and O–H groups in total. The van der Waals surface area contributed by atoms with Crippen LogP contribution in [0.1, 0.15) is 36.8 Å². The quantitative estimate of drug-likeness (QED) is 0.772. The summed E-state index contributed by atoms with van der Waals surface area (Å²) in [5, 5.41) is 0.705. The molecule has 0 radical (unpaired) electrons. The van der Waals surface area contributed by atoms with Crippen LogP contribution in [-0.4, -0.2) is 30.6 Å². The van der Waals surface area contributed by atoms with E-state index in [1.165, 1.54) is 0 Å². The molecule has 1 aliphatic heterocycles. The number of aryl methyl sites for hydroxylation is 2. The van der Waals surface area contributed by atoms with Crippen molar-refractivity contribution in [2.24, 2.45) is 0 Å². The summed E-state index contributed by atoms with van der Waals surface area (Å²) in [4.78, 5) is 0.463. The zero-order valence-electron chi connectivity index (χ0n) is 12.1. The van der Waals surface area contributed by atoms with E-state index in [9.17, 15) is 8.42 Å². The minimum atomic E-state index is -3.40. The molecule has 0 aliphatic carbocycles. The highest BCUT2D eigenvalue weighted by Gasteiger charge is 2.32. The van der Waals surface area contributed by atoms with Gasteiger partial charge in [0.2, 0.25) is 10.0 Å². The fraction of sp³-hybridized carbons (Fsp3) is 0.600. The Morgan fingerprint density at radius 3 is 2.70 bits per heavy atom. The second-order valence-electron chi connectivity index (χ2n) is 5.54. The molecule has 0 amide bonds. The van der Waals surface area contributed by atoms with Gasteiger partial charge < -0.3 is 0 Å². The second kappa shape index (κ2) is 6.58. The van der Waals surface area contributed by atoms with Gasteiger partial charge >= 0.3 is 0 Å². The molecule has 0 aromatic heterocycles. The van der Waals surface area contributed by atoms with Crippen LogP contribution in [0.25, 0.3) is 0 Å². The van der Waals surface area contributed by atoms with E-state index in [-0.39, 0.29) is 6.04 Å². The fourth-order valence-corrected chi connectivity index (χ4v) is 5.60. The monoisotopic (exact) mass is 359 g/mol. The molecule has 0 spiro atoms. The maximum atomic E-state index is 13.0. The van der Waals surface area contributed by atoms with Gasteiger partial charge in [-0.25, -0.2) is 8.42 Å². The van der Waals surface area contributed by atoms with E-state index < -0.39 is 10.0 Å². The van der Waals surface area contributed by atoms with E-state index in [2.05, 4.69) is 15.9 Å². The lowest BCUT2D eigenvalue weighted by molar-refractivity contribution is 0.347. The molecule has 2 rings (SSSR count). The van der Waals surface area contributed by atoms with Gasteiger partial charge in [0.1, 0.15) is 0 Å². The molecule has 1 aliphatic rings. The first-order chi connectivity index (χ1) is 9.46. The SMILES string of the molecule is Cc1ccc(C)c(S(=O)(=O)N2CCCCCC2CBr)c1. The van der Waals surface area contributed by atoms with E-state index in [0.717, 1.165) is 36.8 Å². The van der Waals surface area contributed by atoms with Gasteiger partial charge in [-0.2, -0.15) is 4.31 Å². The molecule has 1 heterocycles. The van der Waals surface area contributed by atoms with Crippen molar-refractivity contribution in [3.05, 3.63) is 29.3 Å². The lowest BCUT2D eigenvalue weighted by Crippen LogP contribution is -2.41. The highest BCUT2D eigenvalue weighted by atomic mass is 79.9. The van der Waals surface area contributed by atoms with Crippen molar-refractivity contribution in [1.82, 2.24) is 4.31 Å². The summed E-state index contributed by atoms with van der Waals surface area (Å²) in [5.41, 5.74) is 1.81. The number of halogens is 1. The standard InChI is InChI=1S/C15H22BrNO2S/c1-12-7-8-13(2)15(10-12)20(18,19)17-9-5-3-4-6-14(17)11-16/h7-8,10,14H,3-6,9,11H2,1-2H3. The molecule has 112 valence electrons. The lowest BCUT2D eigenvalue weighted by atomic mass is 10.1. The summed E-state index contributed by atoms with van der Waals surface area (Å²) in [5.74, 6) is 0. The van der Waals surface area contributed by atoms with E-state index in [4.69, 9.17) is 0 Å². The number of hydrogen-bond donors (Lipinski definition) is 0. The molecular formula is C15H22BrNO2S. The van der Waals surface area contributed by atoms with Crippen LogP contribution < -0.4 is 0 Å². The molecule has 1 aromatic rings. The first-order valence-electron chi connectivity index (χ1n) is 7.12. The van der Waals surface area contributed by atoms with Gasteiger partial charge in [0, 0.05) is 17.9 Å². The molecule has 0 bridgehead atoms. The Morgan fingerprint density at radius 2 is 2.00 bits per heavy atom. The van der Waals surface area contributed by atoms with Gasteiger partial charge in [-0.1, -0.05) is 40.9 Å². The predicted octanol–water partition coefficient (Wildman–Crippen LogP) is 3.63. The summed E-state index contributed by atoms with van der Waals surface area (Å²) in [6, 6.07) is 5.71. The Morgan fingerprint density at radius 1 is 1.25 bits per heavy atom. The zero-order valence-corrected chi connectivity index (χ0v) is 14.5. The largest absolute Gasteiger partial charge is 0.243 e. The summed E-state index contributed by atoms with van der Waals surface area (Å²) < 4.78 is 27.7. The molecular weight excluding hydrogens is 338 g/mol. The van der Waals surface area contributed by atoms with Crippen molar-refractivity contribution >= 4 is 26.0 Å². The van der Waals surface area contributed by atoms with Gasteiger partial charge in [-0.3, -0.25) is 0 Å². The van der Waals surface area contributed by atoms with Crippen molar-refractivity contribution in [3.63, 3.8) is 0 Å². The number of hydrogen-bond acceptors (Lipinski definition) is 2. The van der Waals surface area contributed by atoms with E-state index in [1.807, 2.05) is 26.0 Å². The summed E-state index contributed by atoms with van der Waals surface area (Å²) in [6.45, 7) is 4.43. The van der Waals surface area contributed by atoms with Gasteiger partial charge in [-0.05, 0) is 43.9 Å². The molecule has 3 nitrogen and oxygen atoms in total. The average Bonchev–Trinajstić information content (AvgIpc) is 2.66. The second-order valence-corrected chi connectivity index (χ2v) is 8.05. The average molecular weight is 360 g/mol. The van der Waals surface area contributed by atoms with Crippen LogP contribution in [-0.2, 0) is 10.0 Å². The summed E-state index contributed by atoms with van der Waals surface area (Å²) >= 11 is 3.48. The van der Waals surface area contributed by atoms with E-state index in [0.29, 0.717) is 16.8 Å². The van der Waals surface area contributed by atoms with Crippen molar-refractivity contribution in [3.8, 4) is 0 Å². The summed E-state index contributed by atoms with van der Waals surface area (Å²) in [6.07, 6.45) is 4.11. The highest BCUT2D eigenvalue weighted by Crippen LogP contribution is 2.28. The highest BCUT2D eigenvalue weighted by molar-refractivity contribution is 9.09. The molecule has 1 aromatic carbocycles. The molecule has 1 atom stereocenters. The molecule has 0 saturated carbocycles. The van der Waals surface area contributed by atoms with Crippen molar-refractivity contribution < 1.29 is 8.42 Å². The van der Waals surface area contributed by atoms with Gasteiger partial charge in [0.25, 0.3) is 0 Å². The van der Waals surface area contributed by atoms with Crippen molar-refractivity contribution in [2.75, 3.05) is 11.9 Å². The predicted molar refractivity (Wildman–Crippen MR) is 85.9 cm³/mol. The van der Waals surface area contributed by atoms with E-state index >= 15 is 0 Å². The number of benzene rings is 1. The van der Waals surface area contributed by atoms with Crippen LogP contribution in [0.5, 0.6) is 0 Å². The minimum absolute atomic E-state index is 0.0717. The van der Waals surface area contributed by atoms with Crippen LogP contribution in [0.15, 0.2) is 23.1 Å². The third-order valence-electron chi connectivity index (χ3n) is 3.93. The third-order valence-corrected chi connectivity index (χ3v) is 6.77. The first kappa shape index (κ1) is 16.0. The van der Waals surface area contributed by atoms with Crippen LogP contribution in [0.4, 0.5) is 0 Å². The Hall–Kier alpha value is -0.390. The topological polar surface area (TPSA) is 37.4 Å². The molecule has 1 fully saturated rings. The Labute approximate surface area is 130 Å². The Kier molecular flexibility index (Phi) is 5.26. The normalized spacial score (nSPS) is 21.6. The fourth-order valence-electron chi connectivity index (χ4n) is 2.73. The number of rotatable bonds is 3. The lowest BCUT2D eigenvalue weighted by Gasteiger charge is -2.28. The maximum Gasteiger partial charge on any atom is 0.243 e. The summed E-state index contributed by atoms with van der Waals surface area (Å²) in [7, 11) is -3.40. The van der Waals surface area contributed by atoms with Crippen LogP contribution in [0, 0.1) is 13.8 Å². The molecule has 1 unspecified atom stereocenters. The zero-order chi connectivity index (χ0) is 14.8. The molecule has 20 heavy (non-hydrogen) atoms. The van der Waals surface area contributed by atoms with E-state index in [1.54, 1.807) is 10.4 Å². The number of nitrogens with zero attached hydrogens (tertiary/aromatic N) is 1. The van der Waals surface area contributed by atoms with Crippen LogP contribution in [0.2, 0.25) is 0 Å². The smallest absolute Gasteiger partial charge is 0.207 e. The van der Waals surface area contributed by atoms with Crippen molar-refractivity contribution in [1.29, 1.82) is 0 Å². The van der Waals surface area contributed by atoms with Crippen molar-refractivity contribution in [2.45, 2.75) is 50.5 Å². The van der Waals surface area contributed by atoms with Gasteiger partial charge in [0.15, 0.2) is 0 Å². The molecule has 1 saturated heterocycles. The maximum absolute atomic E-state index is 13.0. The minimum Gasteiger partial charge on any atom is -0.207 e. The van der Waals surface area contributed by atoms with Crippen LogP contribution >= 0.6 is 15.9 Å². The Bertz CT molecular complexity index is 571. The van der Waals surface area contributed by atoms with Gasteiger partial charge in [-0.15, -0.1) is 0 Å². The third kappa shape index (κ3) is 3.26. The number of alkyl halides is 1. The van der Waals surface area contributed by atoms with Crippen LogP contribution in [0.3, 0.4) is 0 Å². The molecule has 5 heteroatoms. The number of sulfonamides is 1. The Balaban J connectivity index is 2.44. The van der Waals surface area contributed by atoms with Gasteiger partial charge in [0.05, 0.1) is 4.90 Å². The first-order valence-corrected chi connectivity index (χ1v) is 9.68.